The van der Waals surface area contributed by atoms with Gasteiger partial charge >= 0.3 is 11.9 Å². The number of esters is 2. The third kappa shape index (κ3) is 8.10. The van der Waals surface area contributed by atoms with Gasteiger partial charge in [-0.3, -0.25) is 14.4 Å². The smallest absolute Gasteiger partial charge is 0.305 e. The predicted molar refractivity (Wildman–Crippen MR) is 125 cm³/mol. The molecule has 0 bridgehead atoms. The van der Waals surface area contributed by atoms with E-state index in [0.29, 0.717) is 6.42 Å². The molecule has 32 heavy (non-hydrogen) atoms. The van der Waals surface area contributed by atoms with Gasteiger partial charge in [0.25, 0.3) is 0 Å². The summed E-state index contributed by atoms with van der Waals surface area (Å²) in [4.78, 5) is 35.2. The van der Waals surface area contributed by atoms with Crippen molar-refractivity contribution in [2.75, 3.05) is 7.11 Å². The molecule has 5 heteroatoms. The zero-order valence-electron chi connectivity index (χ0n) is 19.5. The average Bonchev–Trinajstić information content (AvgIpc) is 3.15. The Balaban J connectivity index is 1.98. The lowest BCUT2D eigenvalue weighted by Crippen LogP contribution is -2.14. The summed E-state index contributed by atoms with van der Waals surface area (Å²) >= 11 is 0. The first kappa shape index (κ1) is 25.6. The molecule has 1 aromatic rings. The molecular weight excluding hydrogens is 404 g/mol. The fourth-order valence-electron chi connectivity index (χ4n) is 4.10. The van der Waals surface area contributed by atoms with Gasteiger partial charge in [-0.15, -0.1) is 0 Å². The second kappa shape index (κ2) is 13.7. The van der Waals surface area contributed by atoms with Gasteiger partial charge in [-0.25, -0.2) is 0 Å². The van der Waals surface area contributed by atoms with Gasteiger partial charge in [0, 0.05) is 13.3 Å². The average molecular weight is 441 g/mol. The third-order valence-electron chi connectivity index (χ3n) is 5.84. The zero-order valence-corrected chi connectivity index (χ0v) is 19.5. The summed E-state index contributed by atoms with van der Waals surface area (Å²) in [5.74, 6) is -0.395. The fraction of sp³-hybridized carbons (Fsp3) is 0.519. The molecule has 0 saturated carbocycles. The van der Waals surface area contributed by atoms with Crippen LogP contribution in [0.25, 0.3) is 0 Å². The van der Waals surface area contributed by atoms with Crippen molar-refractivity contribution in [3.05, 3.63) is 59.7 Å². The SMILES string of the molecule is CCCCCC(OC(C)=O)c1ccc([C@H]2C(=O)C=C[C@@H]2C/C=C\CCCC(=O)OC)cc1. The van der Waals surface area contributed by atoms with Crippen molar-refractivity contribution in [3.63, 3.8) is 0 Å². The highest BCUT2D eigenvalue weighted by Crippen LogP contribution is 2.36. The van der Waals surface area contributed by atoms with Crippen LogP contribution in [0.5, 0.6) is 0 Å². The van der Waals surface area contributed by atoms with Crippen LogP contribution in [-0.4, -0.2) is 24.8 Å². The standard InChI is InChI=1S/C27H36O5/c1-4-5-8-12-25(32-20(2)28)21-14-16-23(17-15-21)27-22(18-19-24(27)29)11-9-6-7-10-13-26(30)31-3/h6,9,14-19,22,25,27H,4-5,7-8,10-13H2,1-3H3/b9-6-/t22-,25?,27-/m0/s1. The minimum absolute atomic E-state index is 0.124. The van der Waals surface area contributed by atoms with E-state index < -0.39 is 0 Å². The van der Waals surface area contributed by atoms with Crippen LogP contribution in [0, 0.1) is 5.92 Å². The van der Waals surface area contributed by atoms with E-state index in [0.717, 1.165) is 56.1 Å². The molecule has 3 atom stereocenters. The van der Waals surface area contributed by atoms with Gasteiger partial charge in [0.2, 0.25) is 0 Å². The van der Waals surface area contributed by atoms with E-state index in [1.165, 1.54) is 14.0 Å². The lowest BCUT2D eigenvalue weighted by Gasteiger charge is -2.20. The molecule has 1 aromatic carbocycles. The summed E-state index contributed by atoms with van der Waals surface area (Å²) < 4.78 is 10.2. The molecule has 1 unspecified atom stereocenters. The predicted octanol–water partition coefficient (Wildman–Crippen LogP) is 6.00. The van der Waals surface area contributed by atoms with Crippen LogP contribution in [0.1, 0.15) is 88.4 Å². The summed E-state index contributed by atoms with van der Waals surface area (Å²) in [6, 6.07) is 7.96. The van der Waals surface area contributed by atoms with Crippen molar-refractivity contribution in [3.8, 4) is 0 Å². The molecule has 0 heterocycles. The van der Waals surface area contributed by atoms with Crippen LogP contribution in [0.4, 0.5) is 0 Å². The second-order valence-electron chi connectivity index (χ2n) is 8.34. The van der Waals surface area contributed by atoms with Gasteiger partial charge < -0.3 is 9.47 Å². The number of allylic oxidation sites excluding steroid dienone is 4. The summed E-state index contributed by atoms with van der Waals surface area (Å²) in [6.07, 6.45) is 14.4. The Hall–Kier alpha value is -2.69. The van der Waals surface area contributed by atoms with Crippen LogP contribution in [0.2, 0.25) is 0 Å². The molecule has 5 nitrogen and oxygen atoms in total. The largest absolute Gasteiger partial charge is 0.469 e. The highest BCUT2D eigenvalue weighted by Gasteiger charge is 2.30. The summed E-state index contributed by atoms with van der Waals surface area (Å²) in [7, 11) is 1.40. The minimum atomic E-state index is -0.274. The Morgan fingerprint density at radius 1 is 1.09 bits per heavy atom. The van der Waals surface area contributed by atoms with E-state index in [9.17, 15) is 14.4 Å². The summed E-state index contributed by atoms with van der Waals surface area (Å²) in [6.45, 7) is 3.59. The summed E-state index contributed by atoms with van der Waals surface area (Å²) in [5.41, 5.74) is 1.96. The number of methoxy groups -OCH3 is 1. The number of ether oxygens (including phenoxy) is 2. The molecule has 0 N–H and O–H groups in total. The van der Waals surface area contributed by atoms with Crippen LogP contribution in [0.3, 0.4) is 0 Å². The number of rotatable bonds is 13. The molecule has 0 aromatic heterocycles. The second-order valence-corrected chi connectivity index (χ2v) is 8.34. The van der Waals surface area contributed by atoms with E-state index in [1.54, 1.807) is 6.08 Å². The van der Waals surface area contributed by atoms with Crippen molar-refractivity contribution in [2.45, 2.75) is 77.2 Å². The molecule has 0 amide bonds. The Labute approximate surface area is 191 Å². The van der Waals surface area contributed by atoms with Crippen LogP contribution in [0.15, 0.2) is 48.6 Å². The van der Waals surface area contributed by atoms with Crippen LogP contribution >= 0.6 is 0 Å². The molecular formula is C27H36O5. The van der Waals surface area contributed by atoms with Gasteiger partial charge in [-0.1, -0.05) is 62.3 Å². The molecule has 0 radical (unpaired) electrons. The first-order valence-electron chi connectivity index (χ1n) is 11.7. The Morgan fingerprint density at radius 2 is 1.84 bits per heavy atom. The number of hydrogen-bond acceptors (Lipinski definition) is 5. The molecule has 2 rings (SSSR count). The van der Waals surface area contributed by atoms with Crippen molar-refractivity contribution in [1.29, 1.82) is 0 Å². The third-order valence-corrected chi connectivity index (χ3v) is 5.84. The maximum Gasteiger partial charge on any atom is 0.305 e. The van der Waals surface area contributed by atoms with Crippen molar-refractivity contribution >= 4 is 17.7 Å². The fourth-order valence-corrected chi connectivity index (χ4v) is 4.10. The topological polar surface area (TPSA) is 69.7 Å². The van der Waals surface area contributed by atoms with E-state index >= 15 is 0 Å². The maximum absolute atomic E-state index is 12.5. The Kier molecular flexibility index (Phi) is 10.9. The van der Waals surface area contributed by atoms with E-state index in [1.807, 2.05) is 30.3 Å². The molecule has 0 spiro atoms. The quantitative estimate of drug-likeness (QED) is 0.214. The lowest BCUT2D eigenvalue weighted by molar-refractivity contribution is -0.147. The number of ketones is 1. The molecule has 174 valence electrons. The molecule has 0 fully saturated rings. The number of carbonyl (C=O) groups is 3. The van der Waals surface area contributed by atoms with Gasteiger partial charge in [0.15, 0.2) is 5.78 Å². The monoisotopic (exact) mass is 440 g/mol. The summed E-state index contributed by atoms with van der Waals surface area (Å²) in [5, 5.41) is 0. The number of unbranched alkanes of at least 4 members (excludes halogenated alkanes) is 3. The molecule has 0 saturated heterocycles. The number of carbonyl (C=O) groups excluding carboxylic acids is 3. The first-order chi connectivity index (χ1) is 15.5. The Bertz CT molecular complexity index is 806. The van der Waals surface area contributed by atoms with Gasteiger partial charge in [0.1, 0.15) is 6.10 Å². The zero-order chi connectivity index (χ0) is 23.3. The molecule has 1 aliphatic carbocycles. The minimum Gasteiger partial charge on any atom is -0.469 e. The highest BCUT2D eigenvalue weighted by atomic mass is 16.5. The van der Waals surface area contributed by atoms with Crippen LogP contribution in [-0.2, 0) is 23.9 Å². The van der Waals surface area contributed by atoms with E-state index in [-0.39, 0.29) is 35.7 Å². The van der Waals surface area contributed by atoms with Crippen molar-refractivity contribution < 1.29 is 23.9 Å². The van der Waals surface area contributed by atoms with E-state index in [2.05, 4.69) is 23.8 Å². The van der Waals surface area contributed by atoms with Gasteiger partial charge in [-0.05, 0) is 55.2 Å². The van der Waals surface area contributed by atoms with E-state index in [4.69, 9.17) is 4.74 Å². The number of hydrogen-bond donors (Lipinski definition) is 0. The number of benzene rings is 1. The van der Waals surface area contributed by atoms with Gasteiger partial charge in [-0.2, -0.15) is 0 Å². The molecule has 1 aliphatic rings. The first-order valence-corrected chi connectivity index (χ1v) is 11.7. The van der Waals surface area contributed by atoms with Crippen molar-refractivity contribution in [1.82, 2.24) is 0 Å². The van der Waals surface area contributed by atoms with Gasteiger partial charge in [0.05, 0.1) is 13.0 Å². The lowest BCUT2D eigenvalue weighted by atomic mass is 9.85. The maximum atomic E-state index is 12.5. The van der Waals surface area contributed by atoms with Crippen molar-refractivity contribution in [2.24, 2.45) is 5.92 Å². The normalized spacial score (nSPS) is 18.8. The van der Waals surface area contributed by atoms with Crippen LogP contribution < -0.4 is 0 Å². The molecule has 0 aliphatic heterocycles. The highest BCUT2D eigenvalue weighted by molar-refractivity contribution is 5.98. The Morgan fingerprint density at radius 3 is 2.50 bits per heavy atom.